The topological polar surface area (TPSA) is 107 Å². The number of hydrogen-bond acceptors (Lipinski definition) is 5. The third-order valence-corrected chi connectivity index (χ3v) is 7.36. The zero-order chi connectivity index (χ0) is 30.3. The van der Waals surface area contributed by atoms with Crippen LogP contribution in [0.1, 0.15) is 42.5 Å². The number of carboxylic acids is 1. The highest BCUT2D eigenvalue weighted by atomic mass is 19.4. The van der Waals surface area contributed by atoms with Gasteiger partial charge in [-0.25, -0.2) is 0 Å². The lowest BCUT2D eigenvalue weighted by Gasteiger charge is -2.11. The molecule has 5 rings (SSSR count). The third kappa shape index (κ3) is 5.81. The Morgan fingerprint density at radius 2 is 1.58 bits per heavy atom. The van der Waals surface area contributed by atoms with Gasteiger partial charge in [-0.05, 0) is 79.4 Å². The predicted octanol–water partition coefficient (Wildman–Crippen LogP) is 9.58. The molecule has 0 aliphatic heterocycles. The van der Waals surface area contributed by atoms with Gasteiger partial charge in [0.25, 0.3) is 0 Å². The molecule has 10 heteroatoms. The Morgan fingerprint density at radius 3 is 2.21 bits per heavy atom. The van der Waals surface area contributed by atoms with Crippen molar-refractivity contribution in [2.24, 2.45) is 10.2 Å². The van der Waals surface area contributed by atoms with E-state index in [0.717, 1.165) is 23.3 Å². The maximum Gasteiger partial charge on any atom is 0.416 e. The second-order valence-electron chi connectivity index (χ2n) is 10.1. The molecule has 0 saturated carbocycles. The predicted molar refractivity (Wildman–Crippen MR) is 160 cm³/mol. The molecular weight excluding hydrogens is 559 g/mol. The second kappa shape index (κ2) is 11.6. The number of halogens is 3. The van der Waals surface area contributed by atoms with Crippen LogP contribution in [0.4, 0.5) is 24.5 Å². The van der Waals surface area contributed by atoms with E-state index in [1.54, 1.807) is 55.5 Å². The summed E-state index contributed by atoms with van der Waals surface area (Å²) in [6, 6.07) is 19.9. The number of para-hydroxylation sites is 1. The average Bonchev–Trinajstić information content (AvgIpc) is 3.23. The number of phenols is 1. The quantitative estimate of drug-likeness (QED) is 0.171. The Bertz CT molecular complexity index is 1860. The zero-order valence-electron chi connectivity index (χ0n) is 22.8. The summed E-state index contributed by atoms with van der Waals surface area (Å²) in [6.07, 6.45) is -4.60. The fourth-order valence-corrected chi connectivity index (χ4v) is 4.70. The molecule has 0 aliphatic rings. The van der Waals surface area contributed by atoms with Gasteiger partial charge in [0.1, 0.15) is 5.69 Å². The van der Waals surface area contributed by atoms with Crippen LogP contribution in [0.15, 0.2) is 89.1 Å². The van der Waals surface area contributed by atoms with Crippen LogP contribution < -0.4 is 0 Å². The zero-order valence-corrected chi connectivity index (χ0v) is 22.8. The summed E-state index contributed by atoms with van der Waals surface area (Å²) in [6.45, 7) is 5.34. The summed E-state index contributed by atoms with van der Waals surface area (Å²) in [7, 11) is 0. The minimum absolute atomic E-state index is 0. The van der Waals surface area contributed by atoms with E-state index in [2.05, 4.69) is 10.2 Å². The molecule has 0 bridgehead atoms. The molecule has 7 nitrogen and oxygen atoms in total. The number of aromatic hydroxyl groups is 2. The molecule has 0 amide bonds. The Balaban J connectivity index is 0.00000423. The molecule has 0 saturated heterocycles. The Kier molecular flexibility index (Phi) is 8.34. The summed E-state index contributed by atoms with van der Waals surface area (Å²) in [5.74, 6) is -2.27. The van der Waals surface area contributed by atoms with Gasteiger partial charge in [-0.15, -0.1) is 10.2 Å². The van der Waals surface area contributed by atoms with E-state index in [0.29, 0.717) is 22.4 Å². The van der Waals surface area contributed by atoms with Crippen LogP contribution in [-0.2, 0) is 11.0 Å². The van der Waals surface area contributed by atoms with E-state index >= 15 is 0 Å². The molecule has 0 spiro atoms. The number of hydrogen-bond donors (Lipinski definition) is 3. The molecule has 1 atom stereocenters. The van der Waals surface area contributed by atoms with Crippen LogP contribution in [0.2, 0.25) is 0 Å². The number of carbonyl (C=O) groups is 1. The lowest BCUT2D eigenvalue weighted by Crippen LogP contribution is -2.06. The number of aliphatic carboxylic acids is 1. The summed E-state index contributed by atoms with van der Waals surface area (Å²) >= 11 is 0. The maximum atomic E-state index is 13.6. The van der Waals surface area contributed by atoms with Crippen molar-refractivity contribution in [2.75, 3.05) is 0 Å². The van der Waals surface area contributed by atoms with E-state index in [4.69, 9.17) is 0 Å². The van der Waals surface area contributed by atoms with E-state index < -0.39 is 29.5 Å². The van der Waals surface area contributed by atoms with Gasteiger partial charge in [0.15, 0.2) is 11.4 Å². The summed E-state index contributed by atoms with van der Waals surface area (Å²) in [4.78, 5) is 11.3. The molecule has 1 aromatic heterocycles. The number of aromatic nitrogens is 1. The molecule has 0 radical (unpaired) electrons. The van der Waals surface area contributed by atoms with Gasteiger partial charge in [-0.1, -0.05) is 49.9 Å². The number of fused-ring (bicyclic) bond motifs is 1. The number of aryl methyl sites for hydroxylation is 2. The number of azo groups is 1. The van der Waals surface area contributed by atoms with Crippen molar-refractivity contribution >= 4 is 28.2 Å². The largest absolute Gasteiger partial charge is 0.505 e. The highest BCUT2D eigenvalue weighted by Gasteiger charge is 2.32. The average molecular weight is 590 g/mol. The number of nitrogens with zero attached hydrogens (tertiary/aromatic N) is 3. The Hall–Kier alpha value is -5.12. The highest BCUT2D eigenvalue weighted by molar-refractivity contribution is 5.97. The van der Waals surface area contributed by atoms with Gasteiger partial charge >= 0.3 is 12.1 Å². The third-order valence-electron chi connectivity index (χ3n) is 7.36. The fraction of sp³-hybridized carbons (Fsp3) is 0.182. The van der Waals surface area contributed by atoms with Crippen LogP contribution in [0.3, 0.4) is 0 Å². The van der Waals surface area contributed by atoms with Gasteiger partial charge < -0.3 is 15.3 Å². The first kappa shape index (κ1) is 30.8. The van der Waals surface area contributed by atoms with Crippen molar-refractivity contribution in [1.29, 1.82) is 0 Å². The second-order valence-corrected chi connectivity index (χ2v) is 10.1. The van der Waals surface area contributed by atoms with E-state index in [9.17, 15) is 33.3 Å². The first-order chi connectivity index (χ1) is 19.9. The van der Waals surface area contributed by atoms with Crippen molar-refractivity contribution in [3.8, 4) is 28.4 Å². The number of rotatable bonds is 6. The van der Waals surface area contributed by atoms with Gasteiger partial charge in [0, 0.05) is 16.6 Å². The summed E-state index contributed by atoms with van der Waals surface area (Å²) in [5, 5.41) is 40.0. The van der Waals surface area contributed by atoms with Gasteiger partial charge in [-0.2, -0.15) is 13.2 Å². The van der Waals surface area contributed by atoms with Crippen LogP contribution in [0.25, 0.3) is 27.7 Å². The number of alkyl halides is 3. The smallest absolute Gasteiger partial charge is 0.416 e. The molecule has 0 unspecified atom stereocenters. The maximum absolute atomic E-state index is 13.6. The van der Waals surface area contributed by atoms with Crippen LogP contribution >= 0.6 is 0 Å². The monoisotopic (exact) mass is 589 g/mol. The van der Waals surface area contributed by atoms with Crippen molar-refractivity contribution < 1.29 is 33.3 Å². The SMILES string of the molecule is C.Cc1ccc(-n2c(O)c(N=Nc3cccc(-c4ccc([C@@H](C)C(=O)O)cc4)c3O)c3ccc(C(F)(F)F)cc32)cc1C. The Labute approximate surface area is 246 Å². The first-order valence-corrected chi connectivity index (χ1v) is 13.0. The standard InChI is InChI=1S/C32H26F3N3O4.CH4/c1-17-7-13-23(15-18(17)2)38-27-16-22(32(33,34)35)12-14-25(27)28(30(38)40)37-36-26-6-4-5-24(29(26)39)21-10-8-20(9-11-21)19(3)31(41)42;/h4-16,19,39-40H,1-3H3,(H,41,42);1H4/t19-;/m1./s1. The summed E-state index contributed by atoms with van der Waals surface area (Å²) in [5.41, 5.74) is 3.16. The molecule has 5 aromatic rings. The van der Waals surface area contributed by atoms with Crippen LogP contribution in [0, 0.1) is 13.8 Å². The number of phenolic OH excluding ortho intramolecular Hbond substituents is 1. The minimum atomic E-state index is -4.60. The van der Waals surface area contributed by atoms with E-state index in [-0.39, 0.29) is 35.5 Å². The molecule has 1 heterocycles. The van der Waals surface area contributed by atoms with Gasteiger partial charge in [0.2, 0.25) is 5.88 Å². The molecule has 0 aliphatic carbocycles. The van der Waals surface area contributed by atoms with Crippen molar-refractivity contribution in [2.45, 2.75) is 40.3 Å². The van der Waals surface area contributed by atoms with E-state index in [1.165, 1.54) is 16.7 Å². The van der Waals surface area contributed by atoms with Crippen molar-refractivity contribution in [3.63, 3.8) is 0 Å². The molecule has 3 N–H and O–H groups in total. The lowest BCUT2D eigenvalue weighted by atomic mass is 9.97. The molecule has 222 valence electrons. The molecule has 4 aromatic carbocycles. The molecule has 43 heavy (non-hydrogen) atoms. The Morgan fingerprint density at radius 1 is 0.884 bits per heavy atom. The minimum Gasteiger partial charge on any atom is -0.505 e. The fourth-order valence-electron chi connectivity index (χ4n) is 4.70. The first-order valence-electron chi connectivity index (χ1n) is 13.0. The number of carboxylic acid groups (broad SMARTS) is 1. The molecule has 0 fully saturated rings. The normalized spacial score (nSPS) is 12.4. The molecular formula is C33H30F3N3O4. The van der Waals surface area contributed by atoms with Gasteiger partial charge in [-0.3, -0.25) is 9.36 Å². The van der Waals surface area contributed by atoms with E-state index in [1.807, 2.05) is 19.9 Å². The summed E-state index contributed by atoms with van der Waals surface area (Å²) < 4.78 is 42.1. The number of benzene rings is 4. The van der Waals surface area contributed by atoms with Crippen LogP contribution in [0.5, 0.6) is 11.6 Å². The van der Waals surface area contributed by atoms with Crippen molar-refractivity contribution in [1.82, 2.24) is 4.57 Å². The highest BCUT2D eigenvalue weighted by Crippen LogP contribution is 2.45. The van der Waals surface area contributed by atoms with Gasteiger partial charge in [0.05, 0.1) is 17.0 Å². The van der Waals surface area contributed by atoms with Crippen LogP contribution in [-0.4, -0.2) is 25.9 Å². The van der Waals surface area contributed by atoms with Crippen molar-refractivity contribution in [3.05, 3.63) is 101 Å². The lowest BCUT2D eigenvalue weighted by molar-refractivity contribution is -0.138.